The molecule has 1 aliphatic carbocycles. The van der Waals surface area contributed by atoms with Crippen molar-refractivity contribution in [2.45, 2.75) is 32.7 Å². The average Bonchev–Trinajstić information content (AvgIpc) is 3.16. The molecule has 0 unspecified atom stereocenters. The number of rotatable bonds is 7. The van der Waals surface area contributed by atoms with Gasteiger partial charge in [0.25, 0.3) is 5.91 Å². The second kappa shape index (κ2) is 9.39. The van der Waals surface area contributed by atoms with Gasteiger partial charge in [-0.2, -0.15) is 0 Å². The van der Waals surface area contributed by atoms with Crippen molar-refractivity contribution in [1.82, 2.24) is 4.98 Å². The number of benzene rings is 1. The van der Waals surface area contributed by atoms with Gasteiger partial charge in [-0.15, -0.1) is 11.3 Å². The lowest BCUT2D eigenvalue weighted by Crippen LogP contribution is -2.18. The van der Waals surface area contributed by atoms with Gasteiger partial charge in [0.15, 0.2) is 0 Å². The topological polar surface area (TPSA) is 72.5 Å². The normalized spacial score (nSPS) is 15.1. The zero-order valence-corrected chi connectivity index (χ0v) is 18.8. The Morgan fingerprint density at radius 3 is 2.84 bits per heavy atom. The Morgan fingerprint density at radius 1 is 1.23 bits per heavy atom. The van der Waals surface area contributed by atoms with Crippen LogP contribution in [-0.2, 0) is 19.4 Å². The first-order valence-corrected chi connectivity index (χ1v) is 11.2. The molecule has 1 amide bonds. The maximum Gasteiger partial charge on any atom is 0.259 e. The highest BCUT2D eigenvalue weighted by molar-refractivity contribution is 7.16. The lowest BCUT2D eigenvalue weighted by molar-refractivity contribution is 0.102. The molecule has 3 aromatic rings. The zero-order valence-electron chi connectivity index (χ0n) is 18.0. The summed E-state index contributed by atoms with van der Waals surface area (Å²) in [6, 6.07) is 11.2. The zero-order chi connectivity index (χ0) is 21.8. The summed E-state index contributed by atoms with van der Waals surface area (Å²) in [5.74, 6) is 1.74. The number of hydrogen-bond donors (Lipinski definition) is 2. The van der Waals surface area contributed by atoms with Crippen molar-refractivity contribution in [3.63, 3.8) is 0 Å². The van der Waals surface area contributed by atoms with Crippen molar-refractivity contribution in [2.24, 2.45) is 5.92 Å². The van der Waals surface area contributed by atoms with E-state index in [0.717, 1.165) is 41.1 Å². The van der Waals surface area contributed by atoms with Crippen LogP contribution in [-0.4, -0.2) is 25.1 Å². The molecule has 0 spiro atoms. The molecule has 0 saturated heterocycles. The Hall–Kier alpha value is -3.06. The monoisotopic (exact) mass is 437 g/mol. The summed E-state index contributed by atoms with van der Waals surface area (Å²) in [7, 11) is 3.18. The number of hydrogen-bond acceptors (Lipinski definition) is 6. The molecule has 1 atom stereocenters. The number of nitrogens with one attached hydrogen (secondary N) is 2. The molecule has 2 N–H and O–H groups in total. The van der Waals surface area contributed by atoms with Gasteiger partial charge < -0.3 is 20.1 Å². The van der Waals surface area contributed by atoms with E-state index in [2.05, 4.69) is 22.5 Å². The van der Waals surface area contributed by atoms with Crippen LogP contribution in [0.3, 0.4) is 0 Å². The van der Waals surface area contributed by atoms with Gasteiger partial charge in [-0.1, -0.05) is 13.0 Å². The molecule has 0 radical (unpaired) electrons. The highest BCUT2D eigenvalue weighted by Crippen LogP contribution is 2.40. The second-order valence-corrected chi connectivity index (χ2v) is 8.86. The maximum atomic E-state index is 13.4. The predicted octanol–water partition coefficient (Wildman–Crippen LogP) is 5.15. The van der Waals surface area contributed by atoms with Crippen LogP contribution in [0.5, 0.6) is 11.5 Å². The van der Waals surface area contributed by atoms with Crippen molar-refractivity contribution in [3.8, 4) is 11.5 Å². The van der Waals surface area contributed by atoms with E-state index < -0.39 is 0 Å². The minimum atomic E-state index is -0.126. The van der Waals surface area contributed by atoms with Crippen LogP contribution in [0.15, 0.2) is 42.6 Å². The number of methoxy groups -OCH3 is 2. The highest BCUT2D eigenvalue weighted by Gasteiger charge is 2.28. The number of carbonyl (C=O) groups excluding carboxylic acids is 1. The van der Waals surface area contributed by atoms with E-state index in [1.54, 1.807) is 43.9 Å². The lowest BCUT2D eigenvalue weighted by Gasteiger charge is -2.19. The molecule has 31 heavy (non-hydrogen) atoms. The van der Waals surface area contributed by atoms with E-state index in [1.165, 1.54) is 4.88 Å². The number of thiophene rings is 1. The van der Waals surface area contributed by atoms with Crippen LogP contribution < -0.4 is 20.1 Å². The summed E-state index contributed by atoms with van der Waals surface area (Å²) >= 11 is 1.69. The Bertz CT molecular complexity index is 1070. The average molecular weight is 438 g/mol. The third-order valence-electron chi connectivity index (χ3n) is 5.55. The fraction of sp³-hybridized carbons (Fsp3) is 0.333. The first-order chi connectivity index (χ1) is 15.1. The summed E-state index contributed by atoms with van der Waals surface area (Å²) < 4.78 is 10.7. The molecule has 0 saturated carbocycles. The lowest BCUT2D eigenvalue weighted by atomic mass is 9.88. The molecule has 7 heteroatoms. The van der Waals surface area contributed by atoms with Crippen LogP contribution in [0.2, 0.25) is 0 Å². The standard InChI is InChI=1S/C24H27N3O3S/c1-15-7-9-18-21(12-15)31-24(26-14-16-6-4-5-11-25-16)22(18)23(28)27-19-10-8-17(29-2)13-20(19)30-3/h4-6,8,10-11,13,15,26H,7,9,12,14H2,1-3H3,(H,27,28)/t15-/m1/s1. The van der Waals surface area contributed by atoms with Gasteiger partial charge in [0, 0.05) is 17.1 Å². The Balaban J connectivity index is 1.63. The molecule has 162 valence electrons. The minimum absolute atomic E-state index is 0.126. The van der Waals surface area contributed by atoms with Gasteiger partial charge in [0.2, 0.25) is 0 Å². The second-order valence-electron chi connectivity index (χ2n) is 7.75. The maximum absolute atomic E-state index is 13.4. The number of carbonyl (C=O) groups is 1. The molecule has 0 fully saturated rings. The quantitative estimate of drug-likeness (QED) is 0.535. The van der Waals surface area contributed by atoms with E-state index in [0.29, 0.717) is 29.6 Å². The summed E-state index contributed by atoms with van der Waals surface area (Å²) in [6.45, 7) is 2.84. The SMILES string of the molecule is COc1ccc(NC(=O)c2c(NCc3ccccn3)sc3c2CC[C@@H](C)C3)c(OC)c1. The van der Waals surface area contributed by atoms with E-state index >= 15 is 0 Å². The summed E-state index contributed by atoms with van der Waals surface area (Å²) in [4.78, 5) is 19.1. The minimum Gasteiger partial charge on any atom is -0.497 e. The summed E-state index contributed by atoms with van der Waals surface area (Å²) in [6.07, 6.45) is 4.80. The molecule has 1 aromatic carbocycles. The fourth-order valence-electron chi connectivity index (χ4n) is 3.88. The molecule has 1 aliphatic rings. The van der Waals surface area contributed by atoms with Gasteiger partial charge in [-0.25, -0.2) is 0 Å². The third-order valence-corrected chi connectivity index (χ3v) is 6.76. The van der Waals surface area contributed by atoms with Crippen LogP contribution in [0.25, 0.3) is 0 Å². The Labute approximate surface area is 186 Å². The largest absolute Gasteiger partial charge is 0.497 e. The third kappa shape index (κ3) is 4.66. The van der Waals surface area contributed by atoms with Gasteiger partial charge in [-0.05, 0) is 55.0 Å². The van der Waals surface area contributed by atoms with Gasteiger partial charge in [-0.3, -0.25) is 9.78 Å². The number of amides is 1. The number of nitrogens with zero attached hydrogens (tertiary/aromatic N) is 1. The number of ether oxygens (including phenoxy) is 2. The molecular weight excluding hydrogens is 410 g/mol. The molecule has 2 heterocycles. The smallest absolute Gasteiger partial charge is 0.259 e. The van der Waals surface area contributed by atoms with E-state index in [9.17, 15) is 4.79 Å². The van der Waals surface area contributed by atoms with Gasteiger partial charge >= 0.3 is 0 Å². The van der Waals surface area contributed by atoms with Crippen LogP contribution in [0, 0.1) is 5.92 Å². The van der Waals surface area contributed by atoms with Crippen molar-refractivity contribution < 1.29 is 14.3 Å². The van der Waals surface area contributed by atoms with Crippen molar-refractivity contribution in [3.05, 3.63) is 64.3 Å². The van der Waals surface area contributed by atoms with E-state index in [-0.39, 0.29) is 5.91 Å². The summed E-state index contributed by atoms with van der Waals surface area (Å²) in [5.41, 5.74) is 3.45. The van der Waals surface area contributed by atoms with E-state index in [4.69, 9.17) is 9.47 Å². The van der Waals surface area contributed by atoms with Gasteiger partial charge in [0.1, 0.15) is 16.5 Å². The first-order valence-electron chi connectivity index (χ1n) is 10.4. The number of fused-ring (bicyclic) bond motifs is 1. The molecule has 6 nitrogen and oxygen atoms in total. The molecule has 0 bridgehead atoms. The molecule has 0 aliphatic heterocycles. The van der Waals surface area contributed by atoms with E-state index in [1.807, 2.05) is 24.3 Å². The Morgan fingerprint density at radius 2 is 2.10 bits per heavy atom. The Kier molecular flexibility index (Phi) is 6.42. The molecular formula is C24H27N3O3S. The number of aromatic nitrogens is 1. The predicted molar refractivity (Wildman–Crippen MR) is 125 cm³/mol. The van der Waals surface area contributed by atoms with Crippen LogP contribution in [0.1, 0.15) is 39.8 Å². The fourth-order valence-corrected chi connectivity index (χ4v) is 5.28. The van der Waals surface area contributed by atoms with Crippen LogP contribution in [0.4, 0.5) is 10.7 Å². The molecule has 2 aromatic heterocycles. The number of anilines is 2. The number of pyridine rings is 1. The first kappa shape index (κ1) is 21.2. The van der Waals surface area contributed by atoms with Crippen LogP contribution >= 0.6 is 11.3 Å². The van der Waals surface area contributed by atoms with Crippen molar-refractivity contribution in [2.75, 3.05) is 24.9 Å². The van der Waals surface area contributed by atoms with Gasteiger partial charge in [0.05, 0.1) is 37.7 Å². The van der Waals surface area contributed by atoms with Crippen molar-refractivity contribution in [1.29, 1.82) is 0 Å². The van der Waals surface area contributed by atoms with Crippen molar-refractivity contribution >= 4 is 27.9 Å². The highest BCUT2D eigenvalue weighted by atomic mass is 32.1. The molecule has 4 rings (SSSR count). The summed E-state index contributed by atoms with van der Waals surface area (Å²) in [5, 5.41) is 7.40.